The van der Waals surface area contributed by atoms with Gasteiger partial charge in [-0.05, 0) is 48.7 Å². The Morgan fingerprint density at radius 3 is 2.67 bits per heavy atom. The van der Waals surface area contributed by atoms with Crippen LogP contribution in [0, 0.1) is 6.92 Å². The Kier molecular flexibility index (Phi) is 6.20. The summed E-state index contributed by atoms with van der Waals surface area (Å²) in [6.07, 6.45) is 0.124. The van der Waals surface area contributed by atoms with Gasteiger partial charge in [-0.3, -0.25) is 9.36 Å². The van der Waals surface area contributed by atoms with E-state index in [4.69, 9.17) is 4.42 Å². The number of aryl methyl sites for hydroxylation is 2. The van der Waals surface area contributed by atoms with Crippen LogP contribution in [0.1, 0.15) is 11.1 Å². The lowest BCUT2D eigenvalue weighted by molar-refractivity contribution is -0.117. The van der Waals surface area contributed by atoms with E-state index in [9.17, 15) is 18.0 Å². The zero-order valence-corrected chi connectivity index (χ0v) is 21.0. The number of amides is 1. The Morgan fingerprint density at radius 2 is 1.89 bits per heavy atom. The van der Waals surface area contributed by atoms with Gasteiger partial charge in [-0.1, -0.05) is 47.7 Å². The molecule has 5 aromatic rings. The fourth-order valence-corrected chi connectivity index (χ4v) is 6.03. The highest BCUT2D eigenvalue weighted by molar-refractivity contribution is 7.89. The Hall–Kier alpha value is -3.80. The minimum absolute atomic E-state index is 0.120. The van der Waals surface area contributed by atoms with Crippen LogP contribution in [0.4, 0.5) is 5.13 Å². The molecule has 0 aliphatic heterocycles. The van der Waals surface area contributed by atoms with E-state index >= 15 is 0 Å². The van der Waals surface area contributed by atoms with Crippen molar-refractivity contribution in [3.63, 3.8) is 0 Å². The smallest absolute Gasteiger partial charge is 0.408 e. The number of benzene rings is 3. The maximum Gasteiger partial charge on any atom is 0.419 e. The molecule has 0 aliphatic rings. The zero-order valence-electron chi connectivity index (χ0n) is 19.4. The van der Waals surface area contributed by atoms with Gasteiger partial charge in [0.25, 0.3) is 0 Å². The number of sulfonamides is 1. The van der Waals surface area contributed by atoms with Crippen LogP contribution in [0.2, 0.25) is 0 Å². The van der Waals surface area contributed by atoms with E-state index in [2.05, 4.69) is 15.0 Å². The van der Waals surface area contributed by atoms with E-state index in [0.717, 1.165) is 21.3 Å². The fourth-order valence-electron chi connectivity index (χ4n) is 3.85. The van der Waals surface area contributed by atoms with E-state index < -0.39 is 27.7 Å². The lowest BCUT2D eigenvalue weighted by Crippen LogP contribution is -2.45. The second-order valence-electron chi connectivity index (χ2n) is 8.40. The summed E-state index contributed by atoms with van der Waals surface area (Å²) in [7, 11) is -2.61. The van der Waals surface area contributed by atoms with Crippen molar-refractivity contribution in [2.45, 2.75) is 24.3 Å². The number of nitrogens with one attached hydrogen (secondary N) is 2. The molecule has 11 heteroatoms. The van der Waals surface area contributed by atoms with E-state index in [1.165, 1.54) is 41.2 Å². The van der Waals surface area contributed by atoms with Crippen LogP contribution in [0.15, 0.2) is 80.8 Å². The number of hydrogen-bond donors (Lipinski definition) is 2. The van der Waals surface area contributed by atoms with E-state index in [1.54, 1.807) is 0 Å². The molecule has 2 N–H and O–H groups in total. The fraction of sp³-hybridized carbons (Fsp3) is 0.160. The molecule has 2 heterocycles. The molecule has 0 fully saturated rings. The molecule has 2 aromatic heterocycles. The van der Waals surface area contributed by atoms with Gasteiger partial charge in [0.05, 0.1) is 20.6 Å². The molecule has 1 amide bonds. The first kappa shape index (κ1) is 23.9. The molecule has 9 nitrogen and oxygen atoms in total. The minimum atomic E-state index is -4.14. The van der Waals surface area contributed by atoms with Gasteiger partial charge < -0.3 is 9.73 Å². The van der Waals surface area contributed by atoms with Crippen molar-refractivity contribution in [3.05, 3.63) is 88.4 Å². The van der Waals surface area contributed by atoms with Crippen molar-refractivity contribution in [2.24, 2.45) is 7.05 Å². The van der Waals surface area contributed by atoms with Crippen molar-refractivity contribution in [3.8, 4) is 0 Å². The van der Waals surface area contributed by atoms with Gasteiger partial charge in [-0.25, -0.2) is 18.2 Å². The summed E-state index contributed by atoms with van der Waals surface area (Å²) in [5, 5.41) is 3.14. The van der Waals surface area contributed by atoms with Gasteiger partial charge >= 0.3 is 5.76 Å². The number of oxazole rings is 1. The first-order valence-electron chi connectivity index (χ1n) is 11.0. The van der Waals surface area contributed by atoms with E-state index in [0.29, 0.717) is 10.6 Å². The van der Waals surface area contributed by atoms with Crippen LogP contribution in [-0.2, 0) is 28.3 Å². The highest BCUT2D eigenvalue weighted by Crippen LogP contribution is 2.27. The summed E-state index contributed by atoms with van der Waals surface area (Å²) >= 11 is 1.32. The molecule has 1 atom stereocenters. The molecule has 0 saturated heterocycles. The third-order valence-electron chi connectivity index (χ3n) is 5.74. The number of carbonyl (C=O) groups is 1. The highest BCUT2D eigenvalue weighted by Gasteiger charge is 2.27. The number of carbonyl (C=O) groups excluding carboxylic acids is 1. The van der Waals surface area contributed by atoms with Gasteiger partial charge in [-0.2, -0.15) is 4.72 Å². The number of anilines is 1. The third kappa shape index (κ3) is 4.81. The van der Waals surface area contributed by atoms with Crippen LogP contribution in [0.3, 0.4) is 0 Å². The van der Waals surface area contributed by atoms with Crippen molar-refractivity contribution in [1.29, 1.82) is 0 Å². The predicted molar refractivity (Wildman–Crippen MR) is 139 cm³/mol. The summed E-state index contributed by atoms with van der Waals surface area (Å²) in [6.45, 7) is 1.97. The van der Waals surface area contributed by atoms with Crippen LogP contribution >= 0.6 is 11.3 Å². The zero-order chi connectivity index (χ0) is 25.4. The SMILES string of the molecule is Cc1ccc2nc(NC(=O)C(Cc3ccccc3)NS(=O)(=O)c3ccc4c(c3)oc(=O)n4C)sc2c1. The lowest BCUT2D eigenvalue weighted by atomic mass is 10.1. The molecule has 1 unspecified atom stereocenters. The Labute approximate surface area is 210 Å². The molecule has 0 radical (unpaired) electrons. The molecule has 0 saturated carbocycles. The summed E-state index contributed by atoms with van der Waals surface area (Å²) in [4.78, 5) is 29.4. The topological polar surface area (TPSA) is 123 Å². The standard InChI is InChI=1S/C25H22N4O5S2/c1-15-8-10-18-22(12-15)35-24(26-18)27-23(30)19(13-16-6-4-3-5-7-16)28-36(32,33)17-9-11-20-21(14-17)34-25(31)29(20)2/h3-12,14,19,28H,13H2,1-2H3,(H,26,27,30). The Morgan fingerprint density at radius 1 is 1.11 bits per heavy atom. The quantitative estimate of drug-likeness (QED) is 0.337. The van der Waals surface area contributed by atoms with Crippen molar-refractivity contribution >= 4 is 53.7 Å². The van der Waals surface area contributed by atoms with E-state index in [1.807, 2.05) is 55.5 Å². The summed E-state index contributed by atoms with van der Waals surface area (Å²) in [5.74, 6) is -1.13. The Bertz CT molecular complexity index is 1750. The monoisotopic (exact) mass is 522 g/mol. The average Bonchev–Trinajstić information content (AvgIpc) is 3.37. The first-order chi connectivity index (χ1) is 17.2. The molecule has 36 heavy (non-hydrogen) atoms. The van der Waals surface area contributed by atoms with Crippen LogP contribution in [0.5, 0.6) is 0 Å². The van der Waals surface area contributed by atoms with Crippen molar-refractivity contribution in [1.82, 2.24) is 14.3 Å². The molecule has 0 aliphatic carbocycles. The molecule has 5 rings (SSSR count). The van der Waals surface area contributed by atoms with Crippen LogP contribution < -0.4 is 15.8 Å². The molecule has 0 spiro atoms. The highest BCUT2D eigenvalue weighted by atomic mass is 32.2. The van der Waals surface area contributed by atoms with E-state index in [-0.39, 0.29) is 16.9 Å². The molecular formula is C25H22N4O5S2. The van der Waals surface area contributed by atoms with Crippen molar-refractivity contribution in [2.75, 3.05) is 5.32 Å². The number of aromatic nitrogens is 2. The summed E-state index contributed by atoms with van der Waals surface area (Å²) < 4.78 is 36.4. The second-order valence-corrected chi connectivity index (χ2v) is 11.1. The van der Waals surface area contributed by atoms with Crippen LogP contribution in [-0.4, -0.2) is 29.9 Å². The first-order valence-corrected chi connectivity index (χ1v) is 13.3. The largest absolute Gasteiger partial charge is 0.419 e. The number of nitrogens with zero attached hydrogens (tertiary/aromatic N) is 2. The summed E-state index contributed by atoms with van der Waals surface area (Å²) in [6, 6.07) is 17.9. The number of hydrogen-bond acceptors (Lipinski definition) is 7. The number of thiazole rings is 1. The maximum atomic E-state index is 13.3. The number of rotatable bonds is 7. The van der Waals surface area contributed by atoms with Crippen molar-refractivity contribution < 1.29 is 17.6 Å². The average molecular weight is 523 g/mol. The molecular weight excluding hydrogens is 500 g/mol. The predicted octanol–water partition coefficient (Wildman–Crippen LogP) is 3.58. The lowest BCUT2D eigenvalue weighted by Gasteiger charge is -2.18. The van der Waals surface area contributed by atoms with Gasteiger partial charge in [0.1, 0.15) is 6.04 Å². The van der Waals surface area contributed by atoms with Crippen LogP contribution in [0.25, 0.3) is 21.3 Å². The van der Waals surface area contributed by atoms with Gasteiger partial charge in [-0.15, -0.1) is 0 Å². The Balaban J connectivity index is 1.45. The molecule has 184 valence electrons. The number of fused-ring (bicyclic) bond motifs is 2. The normalized spacial score (nSPS) is 12.7. The maximum absolute atomic E-state index is 13.3. The third-order valence-corrected chi connectivity index (χ3v) is 8.15. The second kappa shape index (κ2) is 9.34. The van der Waals surface area contributed by atoms with Gasteiger partial charge in [0, 0.05) is 13.1 Å². The minimum Gasteiger partial charge on any atom is -0.408 e. The van der Waals surface area contributed by atoms with Gasteiger partial charge in [0.15, 0.2) is 10.7 Å². The van der Waals surface area contributed by atoms with Gasteiger partial charge in [0.2, 0.25) is 15.9 Å². The molecule has 3 aromatic carbocycles. The summed E-state index contributed by atoms with van der Waals surface area (Å²) in [5.41, 5.74) is 3.20. The molecule has 0 bridgehead atoms.